The van der Waals surface area contributed by atoms with E-state index in [2.05, 4.69) is 29.6 Å². The third kappa shape index (κ3) is 4.16. The number of nitrogens with one attached hydrogen (secondary N) is 1. The highest BCUT2D eigenvalue weighted by molar-refractivity contribution is 7.85. The van der Waals surface area contributed by atoms with E-state index in [1.54, 1.807) is 47.4 Å². The van der Waals surface area contributed by atoms with Crippen molar-refractivity contribution in [1.29, 1.82) is 0 Å². The smallest absolute Gasteiger partial charge is 0.259 e. The first-order valence-electron chi connectivity index (χ1n) is 10.3. The second-order valence-corrected chi connectivity index (χ2v) is 8.91. The van der Waals surface area contributed by atoms with E-state index < -0.39 is 10.8 Å². The lowest BCUT2D eigenvalue weighted by Gasteiger charge is -2.21. The van der Waals surface area contributed by atoms with Gasteiger partial charge in [-0.25, -0.2) is 4.21 Å². The molecular weight excluding hydrogens is 408 g/mol. The molecule has 0 saturated carbocycles. The van der Waals surface area contributed by atoms with E-state index in [4.69, 9.17) is 0 Å². The molecule has 1 heterocycles. The molecule has 0 aromatic heterocycles. The number of hydrogen-bond acceptors (Lipinski definition) is 3. The third-order valence-electron chi connectivity index (χ3n) is 5.41. The van der Waals surface area contributed by atoms with Crippen LogP contribution in [0.3, 0.4) is 0 Å². The summed E-state index contributed by atoms with van der Waals surface area (Å²) >= 11 is 0. The van der Waals surface area contributed by atoms with Gasteiger partial charge in [-0.05, 0) is 56.2 Å². The first-order chi connectivity index (χ1) is 15.0. The van der Waals surface area contributed by atoms with E-state index in [0.29, 0.717) is 39.7 Å². The number of rotatable bonds is 5. The topological polar surface area (TPSA) is 66.5 Å². The Balaban J connectivity index is 1.58. The molecule has 1 aliphatic heterocycles. The maximum Gasteiger partial charge on any atom is 0.259 e. The molecule has 3 aromatic carbocycles. The van der Waals surface area contributed by atoms with Crippen LogP contribution in [0.5, 0.6) is 0 Å². The molecule has 3 aromatic rings. The van der Waals surface area contributed by atoms with Crippen molar-refractivity contribution in [1.82, 2.24) is 5.32 Å². The summed E-state index contributed by atoms with van der Waals surface area (Å²) in [5, 5.41) is 2.94. The van der Waals surface area contributed by atoms with E-state index in [1.165, 1.54) is 5.56 Å². The Morgan fingerprint density at radius 1 is 1.00 bits per heavy atom. The van der Waals surface area contributed by atoms with Crippen LogP contribution in [0.25, 0.3) is 0 Å². The molecule has 4 rings (SSSR count). The Hall–Kier alpha value is -3.25. The van der Waals surface area contributed by atoms with Crippen molar-refractivity contribution in [2.24, 2.45) is 0 Å². The number of aryl methyl sites for hydroxylation is 1. The number of nitrogens with zero attached hydrogens (tertiary/aromatic N) is 1. The van der Waals surface area contributed by atoms with Gasteiger partial charge in [0, 0.05) is 18.7 Å². The number of amides is 2. The van der Waals surface area contributed by atoms with Gasteiger partial charge in [0.2, 0.25) is 0 Å². The zero-order valence-electron chi connectivity index (χ0n) is 17.6. The summed E-state index contributed by atoms with van der Waals surface area (Å²) < 4.78 is 13.2. The minimum Gasteiger partial charge on any atom is -0.352 e. The van der Waals surface area contributed by atoms with Crippen LogP contribution in [0.1, 0.15) is 38.8 Å². The Bertz CT molecular complexity index is 1170. The molecule has 1 atom stereocenters. The van der Waals surface area contributed by atoms with Gasteiger partial charge >= 0.3 is 0 Å². The molecule has 31 heavy (non-hydrogen) atoms. The Kier molecular flexibility index (Phi) is 6.00. The fraction of sp³-hybridized carbons (Fsp3) is 0.200. The molecule has 158 valence electrons. The summed E-state index contributed by atoms with van der Waals surface area (Å²) in [6.45, 7) is 4.83. The summed E-state index contributed by atoms with van der Waals surface area (Å²) in [5.74, 6) is -0.423. The monoisotopic (exact) mass is 432 g/mol. The van der Waals surface area contributed by atoms with E-state index in [-0.39, 0.29) is 11.8 Å². The van der Waals surface area contributed by atoms with Gasteiger partial charge < -0.3 is 10.2 Å². The number of carbonyl (C=O) groups is 2. The minimum atomic E-state index is -1.50. The maximum absolute atomic E-state index is 13.2. The average Bonchev–Trinajstić information content (AvgIpc) is 2.88. The largest absolute Gasteiger partial charge is 0.352 e. The van der Waals surface area contributed by atoms with E-state index in [0.717, 1.165) is 12.0 Å². The number of fused-ring (bicyclic) bond motifs is 2. The average molecular weight is 433 g/mol. The zero-order chi connectivity index (χ0) is 22.0. The SMILES string of the molecule is CCN1C(=O)c2ccccc2[S@](=O)c2ccc(C(=O)NCCc3ccc(C)cc3)cc21. The van der Waals surface area contributed by atoms with Gasteiger partial charge in [0.05, 0.1) is 31.8 Å². The normalized spacial score (nSPS) is 15.1. The molecule has 0 saturated heterocycles. The van der Waals surface area contributed by atoms with Crippen LogP contribution in [0.2, 0.25) is 0 Å². The lowest BCUT2D eigenvalue weighted by molar-refractivity contribution is 0.0950. The number of benzene rings is 3. The molecule has 0 spiro atoms. The maximum atomic E-state index is 13.2. The number of carbonyl (C=O) groups excluding carboxylic acids is 2. The second kappa shape index (κ2) is 8.86. The first kappa shape index (κ1) is 21.0. The summed E-state index contributed by atoms with van der Waals surface area (Å²) in [6.07, 6.45) is 0.732. The van der Waals surface area contributed by atoms with Gasteiger partial charge in [-0.15, -0.1) is 0 Å². The van der Waals surface area contributed by atoms with Crippen molar-refractivity contribution in [2.45, 2.75) is 30.1 Å². The Morgan fingerprint density at radius 3 is 2.48 bits per heavy atom. The first-order valence-corrected chi connectivity index (χ1v) is 11.4. The summed E-state index contributed by atoms with van der Waals surface area (Å²) in [5.41, 5.74) is 3.75. The van der Waals surface area contributed by atoms with Crippen LogP contribution in [-0.4, -0.2) is 29.1 Å². The van der Waals surface area contributed by atoms with Crippen LogP contribution in [-0.2, 0) is 17.2 Å². The van der Waals surface area contributed by atoms with Crippen molar-refractivity contribution in [3.05, 3.63) is 89.0 Å². The predicted molar refractivity (Wildman–Crippen MR) is 122 cm³/mol. The molecule has 2 amide bonds. The predicted octanol–water partition coefficient (Wildman–Crippen LogP) is 4.11. The molecule has 0 bridgehead atoms. The molecule has 0 aliphatic carbocycles. The van der Waals surface area contributed by atoms with Crippen molar-refractivity contribution in [3.8, 4) is 0 Å². The lowest BCUT2D eigenvalue weighted by Crippen LogP contribution is -2.31. The van der Waals surface area contributed by atoms with Crippen LogP contribution in [0, 0.1) is 6.92 Å². The molecule has 0 radical (unpaired) electrons. The molecule has 5 nitrogen and oxygen atoms in total. The highest BCUT2D eigenvalue weighted by atomic mass is 32.2. The fourth-order valence-corrected chi connectivity index (χ4v) is 5.04. The second-order valence-electron chi connectivity index (χ2n) is 7.49. The highest BCUT2D eigenvalue weighted by Crippen LogP contribution is 2.35. The van der Waals surface area contributed by atoms with Crippen molar-refractivity contribution in [3.63, 3.8) is 0 Å². The standard InChI is InChI=1S/C25H24N2O3S/c1-3-27-21-16-19(24(28)26-15-14-18-10-8-17(2)9-11-18)12-13-23(21)31(30)22-7-5-4-6-20(22)25(27)29/h4-13,16H,3,14-15H2,1-2H3,(H,26,28)/t31-/m0/s1. The van der Waals surface area contributed by atoms with Crippen molar-refractivity contribution >= 4 is 28.3 Å². The minimum absolute atomic E-state index is 0.206. The van der Waals surface area contributed by atoms with Gasteiger partial charge in [0.15, 0.2) is 0 Å². The van der Waals surface area contributed by atoms with Gasteiger partial charge in [0.1, 0.15) is 0 Å². The molecule has 0 fully saturated rings. The van der Waals surface area contributed by atoms with Gasteiger partial charge in [-0.2, -0.15) is 0 Å². The molecule has 1 N–H and O–H groups in total. The lowest BCUT2D eigenvalue weighted by atomic mass is 10.1. The fourth-order valence-electron chi connectivity index (χ4n) is 3.70. The summed E-state index contributed by atoms with van der Waals surface area (Å²) in [6, 6.07) is 20.2. The summed E-state index contributed by atoms with van der Waals surface area (Å²) in [7, 11) is -1.50. The number of anilines is 1. The molecule has 6 heteroatoms. The quantitative estimate of drug-likeness (QED) is 0.660. The highest BCUT2D eigenvalue weighted by Gasteiger charge is 2.30. The van der Waals surface area contributed by atoms with Gasteiger partial charge in [-0.3, -0.25) is 9.59 Å². The van der Waals surface area contributed by atoms with Crippen LogP contribution in [0.15, 0.2) is 76.5 Å². The van der Waals surface area contributed by atoms with E-state index in [1.807, 2.05) is 13.8 Å². The molecule has 0 unspecified atom stereocenters. The number of hydrogen-bond donors (Lipinski definition) is 1. The Labute approximate surface area is 184 Å². The zero-order valence-corrected chi connectivity index (χ0v) is 18.4. The Morgan fingerprint density at radius 2 is 1.74 bits per heavy atom. The summed E-state index contributed by atoms with van der Waals surface area (Å²) in [4.78, 5) is 28.5. The van der Waals surface area contributed by atoms with Crippen molar-refractivity contribution in [2.75, 3.05) is 18.0 Å². The van der Waals surface area contributed by atoms with Gasteiger partial charge in [0.25, 0.3) is 11.8 Å². The van der Waals surface area contributed by atoms with E-state index in [9.17, 15) is 13.8 Å². The van der Waals surface area contributed by atoms with E-state index >= 15 is 0 Å². The van der Waals surface area contributed by atoms with Gasteiger partial charge in [-0.1, -0.05) is 42.0 Å². The van der Waals surface area contributed by atoms with Crippen LogP contribution < -0.4 is 10.2 Å². The van der Waals surface area contributed by atoms with Crippen molar-refractivity contribution < 1.29 is 13.8 Å². The van der Waals surface area contributed by atoms with Crippen LogP contribution in [0.4, 0.5) is 5.69 Å². The molecule has 1 aliphatic rings. The van der Waals surface area contributed by atoms with Crippen LogP contribution >= 0.6 is 0 Å². The molecular formula is C25H24N2O3S. The third-order valence-corrected chi connectivity index (χ3v) is 6.91.